The van der Waals surface area contributed by atoms with Crippen molar-refractivity contribution >= 4 is 10.9 Å². The third kappa shape index (κ3) is 2.28. The van der Waals surface area contributed by atoms with Crippen molar-refractivity contribution in [2.75, 3.05) is 26.7 Å². The van der Waals surface area contributed by atoms with E-state index < -0.39 is 0 Å². The van der Waals surface area contributed by atoms with Gasteiger partial charge in [-0.15, -0.1) is 0 Å². The number of hydrogen-bond acceptors (Lipinski definition) is 2. The fraction of sp³-hybridized carbons (Fsp3) is 0.500. The molecule has 1 aliphatic rings. The molecule has 0 radical (unpaired) electrons. The number of para-hydroxylation sites is 1. The molecule has 3 rings (SSSR count). The molecule has 1 aromatic carbocycles. The second kappa shape index (κ2) is 4.99. The van der Waals surface area contributed by atoms with Crippen LogP contribution in [0.1, 0.15) is 11.1 Å². The number of hydrogen-bond donors (Lipinski definition) is 1. The van der Waals surface area contributed by atoms with Crippen LogP contribution in [0.4, 0.5) is 0 Å². The minimum atomic E-state index is 0.611. The molecule has 2 heterocycles. The Morgan fingerprint density at radius 3 is 2.95 bits per heavy atom. The summed E-state index contributed by atoms with van der Waals surface area (Å²) in [6.07, 6.45) is 3.43. The van der Waals surface area contributed by atoms with Crippen LogP contribution in [-0.4, -0.2) is 42.2 Å². The highest BCUT2D eigenvalue weighted by molar-refractivity contribution is 5.86. The fourth-order valence-corrected chi connectivity index (χ4v) is 3.26. The Morgan fingerprint density at radius 2 is 2.16 bits per heavy atom. The van der Waals surface area contributed by atoms with E-state index in [0.29, 0.717) is 6.04 Å². The predicted octanol–water partition coefficient (Wildman–Crippen LogP) is 1.93. The van der Waals surface area contributed by atoms with Crippen LogP contribution in [0.5, 0.6) is 0 Å². The number of aryl methyl sites for hydroxylation is 2. The van der Waals surface area contributed by atoms with Crippen molar-refractivity contribution in [3.63, 3.8) is 0 Å². The first-order valence-electron chi connectivity index (χ1n) is 7.11. The van der Waals surface area contributed by atoms with E-state index >= 15 is 0 Å². The van der Waals surface area contributed by atoms with Gasteiger partial charge in [-0.3, -0.25) is 0 Å². The van der Waals surface area contributed by atoms with Crippen LogP contribution in [0.2, 0.25) is 0 Å². The normalized spacial score (nSPS) is 21.1. The van der Waals surface area contributed by atoms with Crippen LogP contribution < -0.4 is 5.32 Å². The Balaban J connectivity index is 1.95. The largest absolute Gasteiger partial charge is 0.350 e. The molecule has 1 fully saturated rings. The molecular formula is C16H23N3. The highest BCUT2D eigenvalue weighted by Crippen LogP contribution is 2.25. The van der Waals surface area contributed by atoms with E-state index in [4.69, 9.17) is 0 Å². The summed E-state index contributed by atoms with van der Waals surface area (Å²) in [7, 11) is 4.39. The highest BCUT2D eigenvalue weighted by Gasteiger charge is 2.20. The second-order valence-corrected chi connectivity index (χ2v) is 5.78. The zero-order chi connectivity index (χ0) is 13.4. The number of nitrogens with zero attached hydrogens (tertiary/aromatic N) is 2. The van der Waals surface area contributed by atoms with Crippen LogP contribution in [-0.2, 0) is 13.5 Å². The first-order valence-corrected chi connectivity index (χ1v) is 7.11. The van der Waals surface area contributed by atoms with Gasteiger partial charge >= 0.3 is 0 Å². The van der Waals surface area contributed by atoms with Gasteiger partial charge in [-0.2, -0.15) is 0 Å². The molecule has 1 unspecified atom stereocenters. The van der Waals surface area contributed by atoms with Crippen LogP contribution in [0.15, 0.2) is 24.4 Å². The lowest BCUT2D eigenvalue weighted by molar-refractivity contribution is 0.199. The number of aromatic nitrogens is 1. The Bertz CT molecular complexity index is 585. The van der Waals surface area contributed by atoms with Gasteiger partial charge in [-0.1, -0.05) is 18.2 Å². The molecule has 102 valence electrons. The van der Waals surface area contributed by atoms with Gasteiger partial charge in [0.05, 0.1) is 5.52 Å². The lowest BCUT2D eigenvalue weighted by atomic mass is 10.0. The summed E-state index contributed by atoms with van der Waals surface area (Å²) in [5, 5.41) is 4.92. The summed E-state index contributed by atoms with van der Waals surface area (Å²) in [4.78, 5) is 2.48. The monoisotopic (exact) mass is 257 g/mol. The predicted molar refractivity (Wildman–Crippen MR) is 80.6 cm³/mol. The van der Waals surface area contributed by atoms with E-state index in [2.05, 4.69) is 60.2 Å². The lowest BCUT2D eigenvalue weighted by Crippen LogP contribution is -2.50. The fourth-order valence-electron chi connectivity index (χ4n) is 3.26. The van der Waals surface area contributed by atoms with Gasteiger partial charge in [0.25, 0.3) is 0 Å². The van der Waals surface area contributed by atoms with Gasteiger partial charge in [0.1, 0.15) is 0 Å². The van der Waals surface area contributed by atoms with Crippen molar-refractivity contribution in [2.45, 2.75) is 19.4 Å². The van der Waals surface area contributed by atoms with Gasteiger partial charge < -0.3 is 14.8 Å². The molecular weight excluding hydrogens is 234 g/mol. The van der Waals surface area contributed by atoms with Crippen LogP contribution in [0.25, 0.3) is 10.9 Å². The van der Waals surface area contributed by atoms with Gasteiger partial charge in [0.2, 0.25) is 0 Å². The SMILES string of the molecule is Cc1cccc2c(CC3CNCCN3C)cn(C)c12. The molecule has 19 heavy (non-hydrogen) atoms. The minimum absolute atomic E-state index is 0.611. The Kier molecular flexibility index (Phi) is 3.33. The van der Waals surface area contributed by atoms with Crippen molar-refractivity contribution in [1.82, 2.24) is 14.8 Å². The quantitative estimate of drug-likeness (QED) is 0.887. The molecule has 1 aliphatic heterocycles. The maximum Gasteiger partial charge on any atom is 0.0510 e. The van der Waals surface area contributed by atoms with Gasteiger partial charge in [0, 0.05) is 44.3 Å². The molecule has 1 saturated heterocycles. The first-order chi connectivity index (χ1) is 9.16. The standard InChI is InChI=1S/C16H23N3/c1-12-5-4-6-15-13(11-19(3)16(12)15)9-14-10-17-7-8-18(14)2/h4-6,11,14,17H,7-10H2,1-3H3. The molecule has 0 bridgehead atoms. The minimum Gasteiger partial charge on any atom is -0.350 e. The summed E-state index contributed by atoms with van der Waals surface area (Å²) in [5.74, 6) is 0. The van der Waals surface area contributed by atoms with Crippen molar-refractivity contribution in [3.8, 4) is 0 Å². The number of piperazine rings is 1. The van der Waals surface area contributed by atoms with E-state index in [0.717, 1.165) is 26.1 Å². The summed E-state index contributed by atoms with van der Waals surface area (Å²) in [6, 6.07) is 7.23. The van der Waals surface area contributed by atoms with E-state index in [-0.39, 0.29) is 0 Å². The van der Waals surface area contributed by atoms with Gasteiger partial charge in [-0.05, 0) is 31.5 Å². The Morgan fingerprint density at radius 1 is 1.32 bits per heavy atom. The maximum atomic E-state index is 3.50. The molecule has 2 aromatic rings. The highest BCUT2D eigenvalue weighted by atomic mass is 15.2. The number of fused-ring (bicyclic) bond motifs is 1. The smallest absolute Gasteiger partial charge is 0.0510 e. The Hall–Kier alpha value is -1.32. The third-order valence-electron chi connectivity index (χ3n) is 4.39. The lowest BCUT2D eigenvalue weighted by Gasteiger charge is -2.33. The average Bonchev–Trinajstić information content (AvgIpc) is 2.71. The van der Waals surface area contributed by atoms with E-state index in [1.54, 1.807) is 0 Å². The molecule has 0 saturated carbocycles. The summed E-state index contributed by atoms with van der Waals surface area (Å²) < 4.78 is 2.27. The number of nitrogens with one attached hydrogen (secondary N) is 1. The van der Waals surface area contributed by atoms with Crippen molar-refractivity contribution in [1.29, 1.82) is 0 Å². The number of benzene rings is 1. The molecule has 0 spiro atoms. The van der Waals surface area contributed by atoms with Gasteiger partial charge in [-0.25, -0.2) is 0 Å². The molecule has 1 atom stereocenters. The average molecular weight is 257 g/mol. The number of rotatable bonds is 2. The molecule has 0 aliphatic carbocycles. The first kappa shape index (κ1) is 12.7. The molecule has 1 aromatic heterocycles. The zero-order valence-electron chi connectivity index (χ0n) is 12.1. The van der Waals surface area contributed by atoms with Crippen molar-refractivity contribution in [2.24, 2.45) is 7.05 Å². The Labute approximate surface area is 115 Å². The molecule has 1 N–H and O–H groups in total. The summed E-state index contributed by atoms with van der Waals surface area (Å²) in [6.45, 7) is 5.55. The van der Waals surface area contributed by atoms with Gasteiger partial charge in [0.15, 0.2) is 0 Å². The van der Waals surface area contributed by atoms with E-state index in [9.17, 15) is 0 Å². The van der Waals surface area contributed by atoms with E-state index in [1.807, 2.05) is 0 Å². The summed E-state index contributed by atoms with van der Waals surface area (Å²) in [5.41, 5.74) is 4.21. The van der Waals surface area contributed by atoms with Crippen LogP contribution >= 0.6 is 0 Å². The molecule has 0 amide bonds. The zero-order valence-corrected chi connectivity index (χ0v) is 12.1. The third-order valence-corrected chi connectivity index (χ3v) is 4.39. The number of likely N-dealkylation sites (N-methyl/N-ethyl adjacent to an activating group) is 1. The van der Waals surface area contributed by atoms with Crippen LogP contribution in [0, 0.1) is 6.92 Å². The van der Waals surface area contributed by atoms with Crippen molar-refractivity contribution < 1.29 is 0 Å². The molecule has 3 nitrogen and oxygen atoms in total. The second-order valence-electron chi connectivity index (χ2n) is 5.78. The molecule has 3 heteroatoms. The topological polar surface area (TPSA) is 20.2 Å². The van der Waals surface area contributed by atoms with Crippen molar-refractivity contribution in [3.05, 3.63) is 35.5 Å². The summed E-state index contributed by atoms with van der Waals surface area (Å²) >= 11 is 0. The van der Waals surface area contributed by atoms with E-state index in [1.165, 1.54) is 22.0 Å². The maximum absolute atomic E-state index is 3.50. The van der Waals surface area contributed by atoms with Crippen LogP contribution in [0.3, 0.4) is 0 Å².